The number of carbonyl (C=O) groups is 1. The maximum Gasteiger partial charge on any atom is 0.278 e. The zero-order valence-electron chi connectivity index (χ0n) is 18.2. The van der Waals surface area contributed by atoms with Crippen molar-refractivity contribution in [2.45, 2.75) is 11.4 Å². The maximum absolute atomic E-state index is 13.1. The number of nitrogens with zero attached hydrogens (tertiary/aromatic N) is 3. The molecule has 1 amide bonds. The van der Waals surface area contributed by atoms with Gasteiger partial charge in [0.05, 0.1) is 33.8 Å². The van der Waals surface area contributed by atoms with Gasteiger partial charge in [-0.1, -0.05) is 48.5 Å². The van der Waals surface area contributed by atoms with Gasteiger partial charge < -0.3 is 0 Å². The van der Waals surface area contributed by atoms with Crippen molar-refractivity contribution in [3.63, 3.8) is 0 Å². The molecule has 0 spiro atoms. The van der Waals surface area contributed by atoms with E-state index in [0.717, 1.165) is 5.39 Å². The number of hydrazone groups is 1. The number of nitro benzene ring substituents is 1. The summed E-state index contributed by atoms with van der Waals surface area (Å²) in [4.78, 5) is 23.3. The van der Waals surface area contributed by atoms with Crippen molar-refractivity contribution in [1.29, 1.82) is 0 Å². The van der Waals surface area contributed by atoms with Gasteiger partial charge in [0.15, 0.2) is 0 Å². The number of nitrogens with one attached hydrogen (secondary N) is 1. The van der Waals surface area contributed by atoms with E-state index < -0.39 is 20.9 Å². The van der Waals surface area contributed by atoms with E-state index in [-0.39, 0.29) is 22.7 Å². The van der Waals surface area contributed by atoms with Crippen molar-refractivity contribution >= 4 is 44.3 Å². The summed E-state index contributed by atoms with van der Waals surface area (Å²) in [7, 11) is -3.68. The molecule has 0 atom stereocenters. The first-order valence-electron chi connectivity index (χ1n) is 10.6. The zero-order chi connectivity index (χ0) is 24.6. The molecular formula is C25H18N4O5S. The van der Waals surface area contributed by atoms with Gasteiger partial charge in [-0.25, -0.2) is 13.8 Å². The minimum absolute atomic E-state index is 0.119. The fourth-order valence-electron chi connectivity index (χ4n) is 4.04. The molecule has 0 saturated carbocycles. The van der Waals surface area contributed by atoms with E-state index in [2.05, 4.69) is 10.5 Å². The van der Waals surface area contributed by atoms with Gasteiger partial charge in [-0.15, -0.1) is 0 Å². The number of nitro groups is 1. The van der Waals surface area contributed by atoms with Gasteiger partial charge in [-0.2, -0.15) is 5.10 Å². The predicted molar refractivity (Wildman–Crippen MR) is 132 cm³/mol. The monoisotopic (exact) mass is 486 g/mol. The van der Waals surface area contributed by atoms with Gasteiger partial charge in [0.2, 0.25) is 0 Å². The quantitative estimate of drug-likeness (QED) is 0.248. The molecule has 35 heavy (non-hydrogen) atoms. The van der Waals surface area contributed by atoms with E-state index in [1.54, 1.807) is 54.6 Å². The Morgan fingerprint density at radius 3 is 2.43 bits per heavy atom. The first-order valence-corrected chi connectivity index (χ1v) is 12.0. The molecule has 1 aliphatic rings. The lowest BCUT2D eigenvalue weighted by Gasteiger charge is -2.19. The van der Waals surface area contributed by atoms with Crippen molar-refractivity contribution in [1.82, 2.24) is 5.43 Å². The third kappa shape index (κ3) is 4.00. The highest BCUT2D eigenvalue weighted by Gasteiger charge is 2.35. The largest absolute Gasteiger partial charge is 0.278 e. The third-order valence-electron chi connectivity index (χ3n) is 5.73. The number of carbonyl (C=O) groups excluding carboxylic acids is 1. The van der Waals surface area contributed by atoms with Crippen LogP contribution in [-0.2, 0) is 16.6 Å². The van der Waals surface area contributed by atoms with Crippen LogP contribution in [0.2, 0.25) is 0 Å². The van der Waals surface area contributed by atoms with Crippen LogP contribution in [0.1, 0.15) is 21.5 Å². The standard InChI is InChI=1S/C25H18N4O5S/c30-25(27-26-15-20-5-1-2-8-21(20)29(31)32)19-13-11-17(12-14-19)16-28-22-9-3-6-18-7-4-10-23(24(18)22)35(28,33)34/h1-15H,16H2,(H,27,30). The Bertz CT molecular complexity index is 1610. The summed E-state index contributed by atoms with van der Waals surface area (Å²) in [6, 6.07) is 23.3. The Hall–Kier alpha value is -4.57. The van der Waals surface area contributed by atoms with Gasteiger partial charge in [-0.05, 0) is 41.3 Å². The van der Waals surface area contributed by atoms with Crippen LogP contribution in [0.3, 0.4) is 0 Å². The van der Waals surface area contributed by atoms with Crippen LogP contribution in [0.25, 0.3) is 10.8 Å². The molecule has 10 heteroatoms. The number of rotatable bonds is 6. The van der Waals surface area contributed by atoms with Crippen molar-refractivity contribution in [2.24, 2.45) is 5.10 Å². The normalized spacial score (nSPS) is 13.9. The molecule has 4 aromatic rings. The highest BCUT2D eigenvalue weighted by molar-refractivity contribution is 7.93. The molecule has 1 N–H and O–H groups in total. The predicted octanol–water partition coefficient (Wildman–Crippen LogP) is 4.22. The summed E-state index contributed by atoms with van der Waals surface area (Å²) >= 11 is 0. The lowest BCUT2D eigenvalue weighted by atomic mass is 10.1. The summed E-state index contributed by atoms with van der Waals surface area (Å²) < 4.78 is 27.7. The van der Waals surface area contributed by atoms with Crippen LogP contribution in [0.15, 0.2) is 94.9 Å². The fourth-order valence-corrected chi connectivity index (χ4v) is 5.74. The molecule has 4 aromatic carbocycles. The number of anilines is 1. The Morgan fingerprint density at radius 1 is 0.971 bits per heavy atom. The lowest BCUT2D eigenvalue weighted by molar-refractivity contribution is -0.385. The lowest BCUT2D eigenvalue weighted by Crippen LogP contribution is -2.26. The van der Waals surface area contributed by atoms with Crippen LogP contribution in [-0.4, -0.2) is 25.5 Å². The first kappa shape index (κ1) is 22.2. The van der Waals surface area contributed by atoms with Gasteiger partial charge >= 0.3 is 0 Å². The Balaban J connectivity index is 1.31. The SMILES string of the molecule is O=C(NN=Cc1ccccc1[N+](=O)[O-])c1ccc(CN2c3cccc4cccc(c34)S2(=O)=O)cc1. The summed E-state index contributed by atoms with van der Waals surface area (Å²) in [6.07, 6.45) is 1.21. The number of hydrogen-bond acceptors (Lipinski definition) is 6. The molecular weight excluding hydrogens is 468 g/mol. The fraction of sp³-hybridized carbons (Fsp3) is 0.0400. The third-order valence-corrected chi connectivity index (χ3v) is 7.53. The number of amides is 1. The second kappa shape index (κ2) is 8.65. The van der Waals surface area contributed by atoms with E-state index in [1.165, 1.54) is 22.7 Å². The topological polar surface area (TPSA) is 122 Å². The smallest absolute Gasteiger partial charge is 0.267 e. The molecule has 1 aliphatic heterocycles. The van der Waals surface area contributed by atoms with Crippen molar-refractivity contribution in [3.8, 4) is 0 Å². The second-order valence-corrected chi connectivity index (χ2v) is 9.69. The Morgan fingerprint density at radius 2 is 1.69 bits per heavy atom. The second-order valence-electron chi connectivity index (χ2n) is 7.86. The Kier molecular flexibility index (Phi) is 5.50. The van der Waals surface area contributed by atoms with Crippen LogP contribution in [0, 0.1) is 10.1 Å². The van der Waals surface area contributed by atoms with Crippen LogP contribution >= 0.6 is 0 Å². The highest BCUT2D eigenvalue weighted by Crippen LogP contribution is 2.42. The van der Waals surface area contributed by atoms with E-state index in [9.17, 15) is 23.3 Å². The van der Waals surface area contributed by atoms with Crippen LogP contribution in [0.5, 0.6) is 0 Å². The average Bonchev–Trinajstić information content (AvgIpc) is 3.08. The van der Waals surface area contributed by atoms with Gasteiger partial charge in [-0.3, -0.25) is 19.2 Å². The van der Waals surface area contributed by atoms with Crippen molar-refractivity contribution in [2.75, 3.05) is 4.31 Å². The number of benzene rings is 4. The van der Waals surface area contributed by atoms with Crippen molar-refractivity contribution < 1.29 is 18.1 Å². The minimum Gasteiger partial charge on any atom is -0.267 e. The molecule has 0 aliphatic carbocycles. The molecule has 0 saturated heterocycles. The first-order chi connectivity index (χ1) is 16.9. The summed E-state index contributed by atoms with van der Waals surface area (Å²) in [5, 5.41) is 16.5. The molecule has 0 radical (unpaired) electrons. The minimum atomic E-state index is -3.68. The molecule has 0 aromatic heterocycles. The molecule has 0 bridgehead atoms. The van der Waals surface area contributed by atoms with E-state index in [1.807, 2.05) is 18.2 Å². The van der Waals surface area contributed by atoms with E-state index in [0.29, 0.717) is 22.2 Å². The maximum atomic E-state index is 13.1. The van der Waals surface area contributed by atoms with Gasteiger partial charge in [0, 0.05) is 17.0 Å². The molecule has 5 rings (SSSR count). The molecule has 174 valence electrons. The van der Waals surface area contributed by atoms with E-state index in [4.69, 9.17) is 0 Å². The van der Waals surface area contributed by atoms with Crippen molar-refractivity contribution in [3.05, 3.63) is 112 Å². The zero-order valence-corrected chi connectivity index (χ0v) is 19.0. The molecule has 9 nitrogen and oxygen atoms in total. The number of para-hydroxylation sites is 1. The summed E-state index contributed by atoms with van der Waals surface area (Å²) in [6.45, 7) is 0.119. The molecule has 0 unspecified atom stereocenters. The Labute approximate surface area is 200 Å². The number of sulfonamides is 1. The van der Waals surface area contributed by atoms with E-state index >= 15 is 0 Å². The van der Waals surface area contributed by atoms with Gasteiger partial charge in [0.1, 0.15) is 0 Å². The average molecular weight is 487 g/mol. The molecule has 0 fully saturated rings. The molecule has 1 heterocycles. The number of hydrogen-bond donors (Lipinski definition) is 1. The van der Waals surface area contributed by atoms with Gasteiger partial charge in [0.25, 0.3) is 21.6 Å². The summed E-state index contributed by atoms with van der Waals surface area (Å²) in [5.74, 6) is -0.502. The highest BCUT2D eigenvalue weighted by atomic mass is 32.2. The summed E-state index contributed by atoms with van der Waals surface area (Å²) in [5.41, 5.74) is 4.13. The van der Waals surface area contributed by atoms with Crippen LogP contribution in [0.4, 0.5) is 11.4 Å². The van der Waals surface area contributed by atoms with Crippen LogP contribution < -0.4 is 9.73 Å².